The molecule has 0 saturated carbocycles. The van der Waals surface area contributed by atoms with E-state index in [4.69, 9.17) is 26.8 Å². The second-order valence-electron chi connectivity index (χ2n) is 3.76. The quantitative estimate of drug-likeness (QED) is 0.815. The van der Waals surface area contributed by atoms with Crippen LogP contribution in [0.5, 0.6) is 5.75 Å². The van der Waals surface area contributed by atoms with E-state index in [0.29, 0.717) is 17.4 Å². The van der Waals surface area contributed by atoms with Gasteiger partial charge in [0.25, 0.3) is 0 Å². The third-order valence-electron chi connectivity index (χ3n) is 2.59. The molecule has 0 saturated heterocycles. The number of hydrogen-bond donors (Lipinski definition) is 2. The van der Waals surface area contributed by atoms with Gasteiger partial charge in [0.1, 0.15) is 11.6 Å². The van der Waals surface area contributed by atoms with Gasteiger partial charge in [0.15, 0.2) is 6.79 Å². The number of ether oxygens (including phenoxy) is 2. The van der Waals surface area contributed by atoms with Crippen LogP contribution in [0.1, 0.15) is 5.56 Å². The van der Waals surface area contributed by atoms with E-state index in [-0.39, 0.29) is 6.79 Å². The van der Waals surface area contributed by atoms with Crippen molar-refractivity contribution in [2.24, 2.45) is 0 Å². The third kappa shape index (κ3) is 1.83. The van der Waals surface area contributed by atoms with Crippen molar-refractivity contribution in [3.8, 4) is 17.0 Å². The molecule has 5 nitrogen and oxygen atoms in total. The summed E-state index contributed by atoms with van der Waals surface area (Å²) in [5.74, 6) is 1.21. The van der Waals surface area contributed by atoms with Crippen molar-refractivity contribution in [3.05, 3.63) is 28.8 Å². The predicted molar refractivity (Wildman–Crippen MR) is 63.7 cm³/mol. The van der Waals surface area contributed by atoms with Gasteiger partial charge in [-0.05, 0) is 12.1 Å². The molecule has 1 aromatic heterocycles. The number of anilines is 1. The average molecular weight is 252 g/mol. The Morgan fingerprint density at radius 1 is 1.35 bits per heavy atom. The molecule has 1 aliphatic heterocycles. The van der Waals surface area contributed by atoms with Gasteiger partial charge in [0.05, 0.1) is 17.3 Å². The number of nitrogens with two attached hydrogens (primary N) is 1. The van der Waals surface area contributed by atoms with E-state index in [1.807, 2.05) is 12.1 Å². The number of H-pyrrole nitrogens is 1. The van der Waals surface area contributed by atoms with Crippen LogP contribution in [0, 0.1) is 0 Å². The molecule has 6 heteroatoms. The average Bonchev–Trinajstić information content (AvgIpc) is 2.75. The third-order valence-corrected chi connectivity index (χ3v) is 2.91. The number of halogens is 1. The number of nitrogens with zero attached hydrogens (tertiary/aromatic N) is 1. The van der Waals surface area contributed by atoms with E-state index in [9.17, 15) is 0 Å². The number of hydrogen-bond acceptors (Lipinski definition) is 4. The fourth-order valence-electron chi connectivity index (χ4n) is 1.78. The molecule has 0 atom stereocenters. The lowest BCUT2D eigenvalue weighted by atomic mass is 10.1. The molecule has 2 heterocycles. The number of nitrogens with one attached hydrogen (secondary N) is 1. The van der Waals surface area contributed by atoms with Crippen LogP contribution in [-0.2, 0) is 11.3 Å². The second-order valence-corrected chi connectivity index (χ2v) is 4.16. The summed E-state index contributed by atoms with van der Waals surface area (Å²) in [4.78, 5) is 0. The van der Waals surface area contributed by atoms with Crippen molar-refractivity contribution in [1.29, 1.82) is 0 Å². The summed E-state index contributed by atoms with van der Waals surface area (Å²) in [7, 11) is 0. The molecule has 88 valence electrons. The van der Waals surface area contributed by atoms with E-state index in [1.165, 1.54) is 0 Å². The van der Waals surface area contributed by atoms with Gasteiger partial charge in [-0.2, -0.15) is 5.10 Å². The summed E-state index contributed by atoms with van der Waals surface area (Å²) >= 11 is 6.21. The van der Waals surface area contributed by atoms with Crippen molar-refractivity contribution in [1.82, 2.24) is 10.2 Å². The largest absolute Gasteiger partial charge is 0.467 e. The first-order chi connectivity index (χ1) is 8.24. The van der Waals surface area contributed by atoms with Gasteiger partial charge in [-0.1, -0.05) is 11.6 Å². The smallest absolute Gasteiger partial charge is 0.189 e. The first kappa shape index (κ1) is 10.4. The fraction of sp³-hybridized carbons (Fsp3) is 0.182. The van der Waals surface area contributed by atoms with Gasteiger partial charge < -0.3 is 15.2 Å². The summed E-state index contributed by atoms with van der Waals surface area (Å²) in [6.45, 7) is 0.777. The maximum atomic E-state index is 6.21. The molecule has 0 bridgehead atoms. The molecule has 0 radical (unpaired) electrons. The summed E-state index contributed by atoms with van der Waals surface area (Å²) < 4.78 is 10.6. The summed E-state index contributed by atoms with van der Waals surface area (Å²) in [6, 6.07) is 5.43. The van der Waals surface area contributed by atoms with Crippen LogP contribution < -0.4 is 10.5 Å². The van der Waals surface area contributed by atoms with Crippen molar-refractivity contribution >= 4 is 17.4 Å². The minimum absolute atomic E-state index is 0.263. The lowest BCUT2D eigenvalue weighted by Gasteiger charge is -2.18. The van der Waals surface area contributed by atoms with Crippen LogP contribution >= 0.6 is 11.6 Å². The summed E-state index contributed by atoms with van der Waals surface area (Å²) in [5.41, 5.74) is 8.09. The maximum Gasteiger partial charge on any atom is 0.189 e. The topological polar surface area (TPSA) is 73.2 Å². The molecule has 2 aromatic rings. The highest BCUT2D eigenvalue weighted by atomic mass is 35.5. The van der Waals surface area contributed by atoms with Crippen LogP contribution in [0.2, 0.25) is 5.02 Å². The van der Waals surface area contributed by atoms with E-state index >= 15 is 0 Å². The first-order valence-corrected chi connectivity index (χ1v) is 5.46. The van der Waals surface area contributed by atoms with Gasteiger partial charge in [-0.25, -0.2) is 0 Å². The summed E-state index contributed by atoms with van der Waals surface area (Å²) in [6.07, 6.45) is 0. The fourth-order valence-corrected chi connectivity index (χ4v) is 2.07. The van der Waals surface area contributed by atoms with E-state index in [1.54, 1.807) is 6.07 Å². The summed E-state index contributed by atoms with van der Waals surface area (Å²) in [5, 5.41) is 7.31. The molecule has 0 aliphatic carbocycles. The lowest BCUT2D eigenvalue weighted by molar-refractivity contribution is -0.0163. The zero-order valence-electron chi connectivity index (χ0n) is 8.87. The van der Waals surface area contributed by atoms with E-state index < -0.39 is 0 Å². The minimum atomic E-state index is 0.263. The predicted octanol–water partition coefficient (Wildman–Crippen LogP) is 2.18. The van der Waals surface area contributed by atoms with Crippen molar-refractivity contribution in [2.45, 2.75) is 6.61 Å². The van der Waals surface area contributed by atoms with Crippen LogP contribution in [-0.4, -0.2) is 17.0 Å². The molecule has 1 aliphatic rings. The molecule has 0 fully saturated rings. The molecule has 3 rings (SSSR count). The van der Waals surface area contributed by atoms with Crippen LogP contribution in [0.3, 0.4) is 0 Å². The van der Waals surface area contributed by atoms with E-state index in [0.717, 1.165) is 22.6 Å². The van der Waals surface area contributed by atoms with Crippen molar-refractivity contribution in [2.75, 3.05) is 12.5 Å². The van der Waals surface area contributed by atoms with Crippen LogP contribution in [0.15, 0.2) is 18.2 Å². The van der Waals surface area contributed by atoms with Gasteiger partial charge in [-0.3, -0.25) is 5.10 Å². The Kier molecular flexibility index (Phi) is 2.42. The second kappa shape index (κ2) is 3.94. The number of nitrogen functional groups attached to an aromatic ring is 1. The Bertz CT molecular complexity index is 568. The highest BCUT2D eigenvalue weighted by Gasteiger charge is 2.16. The number of benzene rings is 1. The molecule has 0 amide bonds. The zero-order valence-corrected chi connectivity index (χ0v) is 9.62. The highest BCUT2D eigenvalue weighted by Crippen LogP contribution is 2.35. The Balaban J connectivity index is 2.11. The Hall–Kier alpha value is -1.72. The Morgan fingerprint density at radius 3 is 3.00 bits per heavy atom. The molecule has 0 spiro atoms. The normalized spacial score (nSPS) is 14.2. The van der Waals surface area contributed by atoms with Crippen molar-refractivity contribution < 1.29 is 9.47 Å². The van der Waals surface area contributed by atoms with Gasteiger partial charge >= 0.3 is 0 Å². The molecule has 1 aromatic carbocycles. The monoisotopic (exact) mass is 251 g/mol. The molecule has 17 heavy (non-hydrogen) atoms. The first-order valence-electron chi connectivity index (χ1n) is 5.08. The SMILES string of the molecule is Nc1cc(-c2cc3c(cc2Cl)COCO3)[nH]n1. The van der Waals surface area contributed by atoms with Crippen molar-refractivity contribution in [3.63, 3.8) is 0 Å². The van der Waals surface area contributed by atoms with Gasteiger partial charge in [0.2, 0.25) is 0 Å². The zero-order chi connectivity index (χ0) is 11.8. The highest BCUT2D eigenvalue weighted by molar-refractivity contribution is 6.33. The standard InChI is InChI=1S/C11H10ClN3O2/c12-8-1-6-4-16-5-17-10(6)2-7(8)9-3-11(13)15-14-9/h1-3H,4-5H2,(H3,13,14,15). The lowest BCUT2D eigenvalue weighted by Crippen LogP contribution is -2.11. The molecular weight excluding hydrogens is 242 g/mol. The maximum absolute atomic E-state index is 6.21. The molecule has 3 N–H and O–H groups in total. The van der Waals surface area contributed by atoms with Gasteiger partial charge in [-0.15, -0.1) is 0 Å². The molecular formula is C11H10ClN3O2. The number of fused-ring (bicyclic) bond motifs is 1. The Morgan fingerprint density at radius 2 is 2.24 bits per heavy atom. The molecule has 0 unspecified atom stereocenters. The van der Waals surface area contributed by atoms with Crippen LogP contribution in [0.25, 0.3) is 11.3 Å². The number of aromatic nitrogens is 2. The van der Waals surface area contributed by atoms with E-state index in [2.05, 4.69) is 10.2 Å². The van der Waals surface area contributed by atoms with Gasteiger partial charge in [0, 0.05) is 17.2 Å². The van der Waals surface area contributed by atoms with Crippen LogP contribution in [0.4, 0.5) is 5.82 Å². The number of aromatic amines is 1. The minimum Gasteiger partial charge on any atom is -0.467 e. The Labute approximate surface area is 102 Å². The number of rotatable bonds is 1.